The van der Waals surface area contributed by atoms with Gasteiger partial charge >= 0.3 is 0 Å². The van der Waals surface area contributed by atoms with E-state index in [1.807, 2.05) is 0 Å². The molecule has 0 aliphatic rings. The van der Waals surface area contributed by atoms with Crippen molar-refractivity contribution < 1.29 is 4.79 Å². The molecular formula is C9H8Cl2NOS. The molecule has 0 unspecified atom stereocenters. The van der Waals surface area contributed by atoms with Gasteiger partial charge in [0.15, 0.2) is 0 Å². The Kier molecular flexibility index (Phi) is 4.58. The molecule has 0 saturated heterocycles. The van der Waals surface area contributed by atoms with Gasteiger partial charge in [0.25, 0.3) is 0 Å². The molecule has 5 heteroatoms. The van der Waals surface area contributed by atoms with Crippen LogP contribution in [-0.4, -0.2) is 11.7 Å². The fraction of sp³-hybridized carbons (Fsp3) is 0.111. The van der Waals surface area contributed by atoms with Gasteiger partial charge in [-0.05, 0) is 12.1 Å². The molecule has 0 aliphatic heterocycles. The van der Waals surface area contributed by atoms with Crippen LogP contribution in [0.5, 0.6) is 0 Å². The lowest BCUT2D eigenvalue weighted by molar-refractivity contribution is -0.114. The number of carbonyl (C=O) groups is 1. The average Bonchev–Trinajstić information content (AvgIpc) is 2.09. The van der Waals surface area contributed by atoms with Gasteiger partial charge < -0.3 is 5.73 Å². The van der Waals surface area contributed by atoms with E-state index in [4.69, 9.17) is 28.9 Å². The normalized spacial score (nSPS) is 10.1. The van der Waals surface area contributed by atoms with Gasteiger partial charge in [0.05, 0.1) is 16.5 Å². The maximum Gasteiger partial charge on any atom is 0.222 e. The Balaban J connectivity index is 2.62. The summed E-state index contributed by atoms with van der Waals surface area (Å²) < 4.78 is 0. The van der Waals surface area contributed by atoms with Crippen molar-refractivity contribution in [3.05, 3.63) is 34.7 Å². The van der Waals surface area contributed by atoms with E-state index in [1.54, 1.807) is 18.2 Å². The summed E-state index contributed by atoms with van der Waals surface area (Å²) >= 11 is 13.2. The zero-order valence-corrected chi connectivity index (χ0v) is 9.49. The Bertz CT molecular complexity index is 323. The van der Waals surface area contributed by atoms with Crippen LogP contribution in [0.4, 0.5) is 0 Å². The predicted octanol–water partition coefficient (Wildman–Crippen LogP) is 2.78. The summed E-state index contributed by atoms with van der Waals surface area (Å²) in [6.45, 7) is 0. The van der Waals surface area contributed by atoms with Crippen LogP contribution < -0.4 is 5.73 Å². The van der Waals surface area contributed by atoms with Gasteiger partial charge in [0.2, 0.25) is 5.91 Å². The lowest BCUT2D eigenvalue weighted by Crippen LogP contribution is -2.11. The van der Waals surface area contributed by atoms with E-state index in [-0.39, 0.29) is 0 Å². The second-order valence-electron chi connectivity index (χ2n) is 2.47. The molecule has 0 aliphatic carbocycles. The number of carbonyl (C=O) groups excluding carboxylic acids is 1. The third kappa shape index (κ3) is 3.40. The first-order valence-electron chi connectivity index (χ1n) is 3.80. The summed E-state index contributed by atoms with van der Waals surface area (Å²) in [6.07, 6.45) is 1.38. The van der Waals surface area contributed by atoms with Crippen LogP contribution in [0.2, 0.25) is 10.0 Å². The van der Waals surface area contributed by atoms with Gasteiger partial charge in [-0.2, -0.15) is 0 Å². The molecular weight excluding hydrogens is 241 g/mol. The third-order valence-electron chi connectivity index (χ3n) is 1.43. The van der Waals surface area contributed by atoms with Crippen LogP contribution >= 0.6 is 35.0 Å². The van der Waals surface area contributed by atoms with Gasteiger partial charge in [0.1, 0.15) is 0 Å². The second kappa shape index (κ2) is 5.49. The lowest BCUT2D eigenvalue weighted by Gasteiger charge is -2.04. The van der Waals surface area contributed by atoms with Crippen LogP contribution in [0.3, 0.4) is 0 Å². The minimum atomic E-state index is -0.444. The fourth-order valence-electron chi connectivity index (χ4n) is 0.828. The van der Waals surface area contributed by atoms with Crippen LogP contribution in [0.25, 0.3) is 0 Å². The highest BCUT2D eigenvalue weighted by atomic mass is 35.5. The fourth-order valence-corrected chi connectivity index (χ4v) is 2.38. The molecule has 0 bridgehead atoms. The first kappa shape index (κ1) is 11.7. The minimum Gasteiger partial charge on any atom is -0.369 e. The van der Waals surface area contributed by atoms with E-state index in [0.717, 1.165) is 4.90 Å². The highest BCUT2D eigenvalue weighted by Gasteiger charge is 2.06. The number of benzene rings is 1. The molecule has 75 valence electrons. The van der Waals surface area contributed by atoms with Crippen molar-refractivity contribution in [2.24, 2.45) is 5.73 Å². The van der Waals surface area contributed by atoms with E-state index in [1.165, 1.54) is 18.2 Å². The summed E-state index contributed by atoms with van der Waals surface area (Å²) in [7, 11) is 0. The van der Waals surface area contributed by atoms with E-state index in [0.29, 0.717) is 15.8 Å². The molecule has 0 saturated carbocycles. The summed E-state index contributed by atoms with van der Waals surface area (Å²) in [5.41, 5.74) is 4.96. The standard InChI is InChI=1S/C9H8Cl2NOS/c10-6-2-1-3-7(11)9(6)14-5-4-8(12)13/h1-4H,5H2,(H2,12,13). The van der Waals surface area contributed by atoms with E-state index >= 15 is 0 Å². The van der Waals surface area contributed by atoms with E-state index < -0.39 is 5.91 Å². The quantitative estimate of drug-likeness (QED) is 0.834. The molecule has 1 amide bonds. The van der Waals surface area contributed by atoms with Crippen LogP contribution in [-0.2, 0) is 4.79 Å². The summed E-state index contributed by atoms with van der Waals surface area (Å²) in [4.78, 5) is 11.2. The number of amides is 1. The number of halogens is 2. The number of hydrogen-bond acceptors (Lipinski definition) is 2. The molecule has 1 aromatic carbocycles. The maximum absolute atomic E-state index is 10.4. The van der Waals surface area contributed by atoms with Gasteiger partial charge in [-0.15, -0.1) is 11.8 Å². The first-order valence-corrected chi connectivity index (χ1v) is 5.55. The molecule has 1 radical (unpaired) electrons. The number of hydrogen-bond donors (Lipinski definition) is 1. The SMILES string of the molecule is NC(=O)[CH]CSc1c(Cl)cccc1Cl. The molecule has 0 atom stereocenters. The largest absolute Gasteiger partial charge is 0.369 e. The summed E-state index contributed by atoms with van der Waals surface area (Å²) in [5, 5.41) is 1.17. The second-order valence-corrected chi connectivity index (χ2v) is 4.31. The Morgan fingerprint density at radius 2 is 2.00 bits per heavy atom. The highest BCUT2D eigenvalue weighted by Crippen LogP contribution is 2.33. The zero-order valence-electron chi connectivity index (χ0n) is 7.17. The number of nitrogens with two attached hydrogens (primary N) is 1. The summed E-state index contributed by atoms with van der Waals surface area (Å²) in [5.74, 6) is 0.0272. The number of thioether (sulfide) groups is 1. The van der Waals surface area contributed by atoms with E-state index in [9.17, 15) is 4.79 Å². The predicted molar refractivity (Wildman–Crippen MR) is 60.7 cm³/mol. The van der Waals surface area contributed by atoms with Crippen molar-refractivity contribution >= 4 is 40.9 Å². The monoisotopic (exact) mass is 248 g/mol. The number of primary amides is 1. The molecule has 14 heavy (non-hydrogen) atoms. The van der Waals surface area contributed by atoms with Crippen molar-refractivity contribution in [1.29, 1.82) is 0 Å². The third-order valence-corrected chi connectivity index (χ3v) is 3.35. The van der Waals surface area contributed by atoms with Crippen molar-refractivity contribution in [1.82, 2.24) is 0 Å². The van der Waals surface area contributed by atoms with Crippen molar-refractivity contribution in [3.63, 3.8) is 0 Å². The van der Waals surface area contributed by atoms with Crippen LogP contribution in [0.15, 0.2) is 23.1 Å². The average molecular weight is 249 g/mol. The Hall–Kier alpha value is -0.380. The molecule has 0 fully saturated rings. The van der Waals surface area contributed by atoms with E-state index in [2.05, 4.69) is 0 Å². The first-order chi connectivity index (χ1) is 6.61. The highest BCUT2D eigenvalue weighted by molar-refractivity contribution is 7.99. The molecule has 0 aromatic heterocycles. The van der Waals surface area contributed by atoms with Gasteiger partial charge in [0, 0.05) is 10.6 Å². The lowest BCUT2D eigenvalue weighted by atomic mass is 10.4. The molecule has 2 N–H and O–H groups in total. The molecule has 1 aromatic rings. The van der Waals surface area contributed by atoms with Gasteiger partial charge in [-0.25, -0.2) is 0 Å². The number of rotatable bonds is 4. The molecule has 0 spiro atoms. The zero-order chi connectivity index (χ0) is 10.6. The van der Waals surface area contributed by atoms with Gasteiger partial charge in [-0.1, -0.05) is 29.3 Å². The molecule has 1 rings (SSSR count). The Morgan fingerprint density at radius 3 is 2.50 bits per heavy atom. The van der Waals surface area contributed by atoms with Crippen molar-refractivity contribution in [2.75, 3.05) is 5.75 Å². The minimum absolute atomic E-state index is 0.444. The molecule has 0 heterocycles. The molecule has 2 nitrogen and oxygen atoms in total. The smallest absolute Gasteiger partial charge is 0.222 e. The van der Waals surface area contributed by atoms with Crippen LogP contribution in [0, 0.1) is 6.42 Å². The summed E-state index contributed by atoms with van der Waals surface area (Å²) in [6, 6.07) is 5.27. The maximum atomic E-state index is 10.4. The van der Waals surface area contributed by atoms with Crippen LogP contribution in [0.1, 0.15) is 0 Å². The van der Waals surface area contributed by atoms with Gasteiger partial charge in [-0.3, -0.25) is 4.79 Å². The van der Waals surface area contributed by atoms with Crippen molar-refractivity contribution in [3.8, 4) is 0 Å². The Morgan fingerprint density at radius 1 is 1.43 bits per heavy atom. The topological polar surface area (TPSA) is 43.1 Å². The Labute approximate surface area is 96.8 Å². The van der Waals surface area contributed by atoms with Crippen molar-refractivity contribution in [2.45, 2.75) is 4.90 Å².